The summed E-state index contributed by atoms with van der Waals surface area (Å²) in [6, 6.07) is 0. The highest BCUT2D eigenvalue weighted by atomic mass is 16.5. The molecule has 0 aliphatic carbocycles. The number of hydrazine groups is 1. The predicted octanol–water partition coefficient (Wildman–Crippen LogP) is 1.25. The van der Waals surface area contributed by atoms with Crippen LogP contribution in [0.15, 0.2) is 0 Å². The van der Waals surface area contributed by atoms with E-state index in [1.807, 2.05) is 20.9 Å². The van der Waals surface area contributed by atoms with Crippen LogP contribution in [0.5, 0.6) is 0 Å². The van der Waals surface area contributed by atoms with Crippen molar-refractivity contribution >= 4 is 11.6 Å². The Balaban J connectivity index is 2.21. The number of nitrogens with one attached hydrogen (secondary N) is 1. The van der Waals surface area contributed by atoms with Crippen LogP contribution in [-0.4, -0.2) is 36.3 Å². The van der Waals surface area contributed by atoms with Crippen molar-refractivity contribution in [3.05, 3.63) is 11.4 Å². The molecule has 1 saturated heterocycles. The van der Waals surface area contributed by atoms with Gasteiger partial charge >= 0.3 is 0 Å². The number of anilines is 2. The minimum atomic E-state index is 0.304. The highest BCUT2D eigenvalue weighted by molar-refractivity contribution is 5.57. The summed E-state index contributed by atoms with van der Waals surface area (Å²) in [6.45, 7) is 5.74. The quantitative estimate of drug-likeness (QED) is 0.616. The highest BCUT2D eigenvalue weighted by Crippen LogP contribution is 2.24. The van der Waals surface area contributed by atoms with Gasteiger partial charge in [-0.25, -0.2) is 15.8 Å². The molecule has 0 amide bonds. The number of ether oxygens (including phenoxy) is 1. The van der Waals surface area contributed by atoms with Gasteiger partial charge in [0.05, 0.1) is 6.10 Å². The van der Waals surface area contributed by atoms with Crippen molar-refractivity contribution in [2.24, 2.45) is 5.84 Å². The minimum absolute atomic E-state index is 0.304. The zero-order valence-corrected chi connectivity index (χ0v) is 11.9. The van der Waals surface area contributed by atoms with Crippen LogP contribution >= 0.6 is 0 Å². The molecule has 19 heavy (non-hydrogen) atoms. The number of aromatic nitrogens is 2. The number of hydrogen-bond donors (Lipinski definition) is 2. The summed E-state index contributed by atoms with van der Waals surface area (Å²) in [7, 11) is 2.04. The Morgan fingerprint density at radius 1 is 1.47 bits per heavy atom. The first-order valence-electron chi connectivity index (χ1n) is 6.82. The molecule has 0 radical (unpaired) electrons. The number of aryl methyl sites for hydroxylation is 1. The zero-order valence-electron chi connectivity index (χ0n) is 11.9. The van der Waals surface area contributed by atoms with Crippen molar-refractivity contribution in [3.8, 4) is 0 Å². The molecule has 3 N–H and O–H groups in total. The topological polar surface area (TPSA) is 76.3 Å². The van der Waals surface area contributed by atoms with E-state index in [-0.39, 0.29) is 0 Å². The van der Waals surface area contributed by atoms with Gasteiger partial charge in [-0.15, -0.1) is 0 Å². The Morgan fingerprint density at radius 2 is 2.26 bits per heavy atom. The number of nitrogens with zero attached hydrogens (tertiary/aromatic N) is 3. The first kappa shape index (κ1) is 14.0. The van der Waals surface area contributed by atoms with E-state index in [1.54, 1.807) is 0 Å². The second kappa shape index (κ2) is 6.16. The molecule has 0 bridgehead atoms. The van der Waals surface area contributed by atoms with E-state index in [0.717, 1.165) is 49.6 Å². The summed E-state index contributed by atoms with van der Waals surface area (Å²) in [5, 5.41) is 0. The molecule has 0 aromatic carbocycles. The maximum atomic E-state index is 5.67. The fourth-order valence-electron chi connectivity index (χ4n) is 2.40. The van der Waals surface area contributed by atoms with E-state index < -0.39 is 0 Å². The Hall–Kier alpha value is -1.40. The molecule has 1 atom stereocenters. The first-order valence-corrected chi connectivity index (χ1v) is 6.82. The number of rotatable bonds is 5. The van der Waals surface area contributed by atoms with Crippen molar-refractivity contribution in [1.82, 2.24) is 9.97 Å². The average Bonchev–Trinajstić information content (AvgIpc) is 2.91. The van der Waals surface area contributed by atoms with Crippen LogP contribution in [0.25, 0.3) is 0 Å². The van der Waals surface area contributed by atoms with Crippen molar-refractivity contribution in [1.29, 1.82) is 0 Å². The lowest BCUT2D eigenvalue weighted by Crippen LogP contribution is -2.30. The van der Waals surface area contributed by atoms with Gasteiger partial charge in [-0.3, -0.25) is 0 Å². The number of nitrogens with two attached hydrogens (primary N) is 1. The van der Waals surface area contributed by atoms with Gasteiger partial charge in [0.15, 0.2) is 0 Å². The first-order chi connectivity index (χ1) is 9.15. The fraction of sp³-hybridized carbons (Fsp3) is 0.692. The normalized spacial score (nSPS) is 18.6. The third kappa shape index (κ3) is 3.13. The Kier molecular flexibility index (Phi) is 4.55. The third-order valence-corrected chi connectivity index (χ3v) is 3.48. The molecule has 0 spiro atoms. The maximum Gasteiger partial charge on any atom is 0.148 e. The summed E-state index contributed by atoms with van der Waals surface area (Å²) < 4.78 is 5.67. The highest BCUT2D eigenvalue weighted by Gasteiger charge is 2.20. The van der Waals surface area contributed by atoms with Crippen LogP contribution in [0.3, 0.4) is 0 Å². The van der Waals surface area contributed by atoms with Gasteiger partial charge in [0, 0.05) is 32.2 Å². The molecular formula is C13H23N5O. The second-order valence-electron chi connectivity index (χ2n) is 4.95. The SMILES string of the molecule is CCc1nc(NN)c(C)c(N(C)CC2CCCO2)n1. The lowest BCUT2D eigenvalue weighted by atomic mass is 10.2. The molecule has 6 heteroatoms. The van der Waals surface area contributed by atoms with E-state index in [1.165, 1.54) is 0 Å². The fourth-order valence-corrected chi connectivity index (χ4v) is 2.40. The lowest BCUT2D eigenvalue weighted by Gasteiger charge is -2.24. The number of likely N-dealkylation sites (N-methyl/N-ethyl adjacent to an activating group) is 1. The van der Waals surface area contributed by atoms with Crippen LogP contribution in [0, 0.1) is 6.92 Å². The van der Waals surface area contributed by atoms with Crippen LogP contribution < -0.4 is 16.2 Å². The van der Waals surface area contributed by atoms with Gasteiger partial charge in [0.2, 0.25) is 0 Å². The molecule has 1 aromatic rings. The van der Waals surface area contributed by atoms with E-state index in [9.17, 15) is 0 Å². The minimum Gasteiger partial charge on any atom is -0.376 e. The summed E-state index contributed by atoms with van der Waals surface area (Å²) in [6.07, 6.45) is 3.36. The Bertz CT molecular complexity index is 431. The van der Waals surface area contributed by atoms with Gasteiger partial charge in [-0.1, -0.05) is 6.92 Å². The number of nitrogen functional groups attached to an aromatic ring is 1. The standard InChI is InChI=1S/C13H23N5O/c1-4-11-15-12(17-14)9(2)13(16-11)18(3)8-10-6-5-7-19-10/h10H,4-8,14H2,1-3H3,(H,15,16,17). The van der Waals surface area contributed by atoms with E-state index >= 15 is 0 Å². The molecule has 106 valence electrons. The Labute approximate surface area is 114 Å². The molecule has 0 saturated carbocycles. The second-order valence-corrected chi connectivity index (χ2v) is 4.95. The van der Waals surface area contributed by atoms with Crippen LogP contribution in [0.4, 0.5) is 11.6 Å². The summed E-state index contributed by atoms with van der Waals surface area (Å²) in [5.74, 6) is 7.94. The summed E-state index contributed by atoms with van der Waals surface area (Å²) in [4.78, 5) is 11.1. The molecule has 6 nitrogen and oxygen atoms in total. The number of hydrogen-bond acceptors (Lipinski definition) is 6. The van der Waals surface area contributed by atoms with Gasteiger partial charge in [-0.05, 0) is 19.8 Å². The molecular weight excluding hydrogens is 242 g/mol. The molecule has 1 unspecified atom stereocenters. The average molecular weight is 265 g/mol. The largest absolute Gasteiger partial charge is 0.376 e. The Morgan fingerprint density at radius 3 is 2.84 bits per heavy atom. The maximum absolute atomic E-state index is 5.67. The molecule has 2 rings (SSSR count). The van der Waals surface area contributed by atoms with Crippen LogP contribution in [0.1, 0.15) is 31.2 Å². The predicted molar refractivity (Wildman–Crippen MR) is 76.2 cm³/mol. The van der Waals surface area contributed by atoms with Crippen molar-refractivity contribution in [3.63, 3.8) is 0 Å². The van der Waals surface area contributed by atoms with Crippen molar-refractivity contribution < 1.29 is 4.74 Å². The zero-order chi connectivity index (χ0) is 13.8. The van der Waals surface area contributed by atoms with Gasteiger partial charge < -0.3 is 15.1 Å². The monoisotopic (exact) mass is 265 g/mol. The van der Waals surface area contributed by atoms with E-state index in [2.05, 4.69) is 20.3 Å². The van der Waals surface area contributed by atoms with E-state index in [0.29, 0.717) is 11.9 Å². The van der Waals surface area contributed by atoms with Crippen LogP contribution in [0.2, 0.25) is 0 Å². The van der Waals surface area contributed by atoms with Gasteiger partial charge in [0.25, 0.3) is 0 Å². The molecule has 1 aliphatic heterocycles. The van der Waals surface area contributed by atoms with Gasteiger partial charge in [-0.2, -0.15) is 0 Å². The van der Waals surface area contributed by atoms with E-state index in [4.69, 9.17) is 10.6 Å². The molecule has 1 aromatic heterocycles. The van der Waals surface area contributed by atoms with Crippen molar-refractivity contribution in [2.45, 2.75) is 39.2 Å². The van der Waals surface area contributed by atoms with Gasteiger partial charge in [0.1, 0.15) is 17.5 Å². The van der Waals surface area contributed by atoms with Crippen molar-refractivity contribution in [2.75, 3.05) is 30.5 Å². The molecule has 2 heterocycles. The lowest BCUT2D eigenvalue weighted by molar-refractivity contribution is 0.116. The summed E-state index contributed by atoms with van der Waals surface area (Å²) >= 11 is 0. The third-order valence-electron chi connectivity index (χ3n) is 3.48. The molecule has 1 aliphatic rings. The molecule has 1 fully saturated rings. The summed E-state index contributed by atoms with van der Waals surface area (Å²) in [5.41, 5.74) is 3.62. The smallest absolute Gasteiger partial charge is 0.148 e. The van der Waals surface area contributed by atoms with Crippen LogP contribution in [-0.2, 0) is 11.2 Å².